The topological polar surface area (TPSA) is 82.9 Å². The van der Waals surface area contributed by atoms with Crippen molar-refractivity contribution in [3.05, 3.63) is 58.7 Å². The summed E-state index contributed by atoms with van der Waals surface area (Å²) in [6.07, 6.45) is 3.26. The molecule has 5 nitrogen and oxygen atoms in total. The van der Waals surface area contributed by atoms with Crippen molar-refractivity contribution in [3.8, 4) is 11.5 Å². The minimum Gasteiger partial charge on any atom is -0.872 e. The summed E-state index contributed by atoms with van der Waals surface area (Å²) in [5.74, 6) is -0.0175. The van der Waals surface area contributed by atoms with Gasteiger partial charge in [-0.2, -0.15) is 0 Å². The Bertz CT molecular complexity index is 697. The van der Waals surface area contributed by atoms with Crippen LogP contribution in [0.5, 0.6) is 11.5 Å². The molecule has 0 radical (unpaired) electrons. The maximum Gasteiger partial charge on any atom is 2.00 e. The zero-order valence-corrected chi connectivity index (χ0v) is 16.0. The molecule has 0 aromatic heterocycles. The first-order valence-electron chi connectivity index (χ1n) is 8.32. The SMILES string of the molecule is Cc1ccc([O-])c(C=NCCNCCN=Cc2cc(C)ccc2[O-])c1.[Ni+2]. The van der Waals surface area contributed by atoms with E-state index in [-0.39, 0.29) is 28.0 Å². The summed E-state index contributed by atoms with van der Waals surface area (Å²) in [5.41, 5.74) is 3.34. The molecule has 0 heterocycles. The number of aryl methyl sites for hydroxylation is 2. The monoisotopic (exact) mass is 395 g/mol. The summed E-state index contributed by atoms with van der Waals surface area (Å²) in [6.45, 7) is 6.52. The quantitative estimate of drug-likeness (QED) is 0.418. The third kappa shape index (κ3) is 7.38. The molecule has 0 spiro atoms. The number of hydrogen-bond acceptors (Lipinski definition) is 5. The maximum atomic E-state index is 11.6. The van der Waals surface area contributed by atoms with Crippen LogP contribution in [0.3, 0.4) is 0 Å². The Balaban J connectivity index is 0.00000338. The molecule has 0 aliphatic rings. The zero-order chi connectivity index (χ0) is 18.1. The van der Waals surface area contributed by atoms with Gasteiger partial charge in [0.1, 0.15) is 0 Å². The first-order chi connectivity index (χ1) is 12.1. The molecule has 0 fully saturated rings. The molecule has 0 bridgehead atoms. The Morgan fingerprint density at radius 3 is 1.65 bits per heavy atom. The van der Waals surface area contributed by atoms with Crippen molar-refractivity contribution >= 4 is 12.4 Å². The molecule has 0 amide bonds. The number of nitrogens with one attached hydrogen (secondary N) is 1. The van der Waals surface area contributed by atoms with Gasteiger partial charge in [0.2, 0.25) is 0 Å². The van der Waals surface area contributed by atoms with Crippen LogP contribution in [0.1, 0.15) is 22.3 Å². The minimum absolute atomic E-state index is 0. The molecule has 1 N–H and O–H groups in total. The Morgan fingerprint density at radius 1 is 0.808 bits per heavy atom. The molecule has 0 aliphatic heterocycles. The molecule has 26 heavy (non-hydrogen) atoms. The largest absolute Gasteiger partial charge is 2.00 e. The third-order valence-electron chi connectivity index (χ3n) is 3.63. The van der Waals surface area contributed by atoms with E-state index in [1.807, 2.05) is 26.0 Å². The molecule has 0 aliphatic carbocycles. The molecule has 0 saturated carbocycles. The van der Waals surface area contributed by atoms with Crippen molar-refractivity contribution in [1.82, 2.24) is 5.32 Å². The average Bonchev–Trinajstić information content (AvgIpc) is 2.59. The molecule has 2 aromatic carbocycles. The third-order valence-corrected chi connectivity index (χ3v) is 3.63. The summed E-state index contributed by atoms with van der Waals surface area (Å²) < 4.78 is 0. The van der Waals surface area contributed by atoms with Crippen LogP contribution in [0.4, 0.5) is 0 Å². The van der Waals surface area contributed by atoms with Crippen LogP contribution in [-0.2, 0) is 16.5 Å². The van der Waals surface area contributed by atoms with Gasteiger partial charge in [-0.3, -0.25) is 9.98 Å². The molecule has 2 aromatic rings. The Morgan fingerprint density at radius 2 is 1.23 bits per heavy atom. The number of nitrogens with zero attached hydrogens (tertiary/aromatic N) is 2. The van der Waals surface area contributed by atoms with E-state index in [2.05, 4.69) is 15.3 Å². The predicted octanol–water partition coefficient (Wildman–Crippen LogP) is 1.58. The van der Waals surface area contributed by atoms with Gasteiger partial charge in [-0.25, -0.2) is 0 Å². The van der Waals surface area contributed by atoms with Crippen LogP contribution in [0, 0.1) is 13.8 Å². The van der Waals surface area contributed by atoms with Gasteiger partial charge in [-0.1, -0.05) is 47.5 Å². The normalized spacial score (nSPS) is 11.2. The Hall–Kier alpha value is -2.17. The van der Waals surface area contributed by atoms with Crippen molar-refractivity contribution in [2.75, 3.05) is 26.2 Å². The summed E-state index contributed by atoms with van der Waals surface area (Å²) >= 11 is 0. The second-order valence-electron chi connectivity index (χ2n) is 5.90. The fourth-order valence-corrected chi connectivity index (χ4v) is 2.28. The Kier molecular flexibility index (Phi) is 9.63. The van der Waals surface area contributed by atoms with Gasteiger partial charge in [0.15, 0.2) is 0 Å². The van der Waals surface area contributed by atoms with Gasteiger partial charge in [0.05, 0.1) is 13.1 Å². The van der Waals surface area contributed by atoms with E-state index in [4.69, 9.17) is 0 Å². The summed E-state index contributed by atoms with van der Waals surface area (Å²) in [6, 6.07) is 10.4. The summed E-state index contributed by atoms with van der Waals surface area (Å²) in [5, 5.41) is 26.5. The molecule has 140 valence electrons. The molecular weight excluding hydrogens is 373 g/mol. The van der Waals surface area contributed by atoms with Crippen LogP contribution >= 0.6 is 0 Å². The van der Waals surface area contributed by atoms with E-state index >= 15 is 0 Å². The van der Waals surface area contributed by atoms with Gasteiger partial charge in [-0.15, -0.1) is 11.5 Å². The van der Waals surface area contributed by atoms with Crippen molar-refractivity contribution in [2.24, 2.45) is 9.98 Å². The van der Waals surface area contributed by atoms with Gasteiger partial charge >= 0.3 is 16.5 Å². The van der Waals surface area contributed by atoms with Crippen LogP contribution < -0.4 is 15.5 Å². The van der Waals surface area contributed by atoms with E-state index < -0.39 is 0 Å². The summed E-state index contributed by atoms with van der Waals surface area (Å²) in [7, 11) is 0. The van der Waals surface area contributed by atoms with Crippen LogP contribution in [0.15, 0.2) is 46.4 Å². The van der Waals surface area contributed by atoms with Crippen LogP contribution in [0.2, 0.25) is 0 Å². The van der Waals surface area contributed by atoms with Gasteiger partial charge in [0.25, 0.3) is 0 Å². The molecule has 0 atom stereocenters. The smallest absolute Gasteiger partial charge is 0.872 e. The minimum atomic E-state index is -0.00876. The maximum absolute atomic E-state index is 11.6. The van der Waals surface area contributed by atoms with Crippen molar-refractivity contribution in [2.45, 2.75) is 13.8 Å². The molecular formula is C20H23N3NiO2. The first-order valence-corrected chi connectivity index (χ1v) is 8.32. The van der Waals surface area contributed by atoms with E-state index in [1.54, 1.807) is 36.7 Å². The Labute approximate surface area is 164 Å². The molecule has 6 heteroatoms. The molecule has 0 saturated heterocycles. The van der Waals surface area contributed by atoms with Gasteiger partial charge < -0.3 is 15.5 Å². The number of benzene rings is 2. The van der Waals surface area contributed by atoms with E-state index in [9.17, 15) is 10.2 Å². The fraction of sp³-hybridized carbons (Fsp3) is 0.300. The van der Waals surface area contributed by atoms with E-state index in [0.717, 1.165) is 11.1 Å². The average molecular weight is 396 g/mol. The predicted molar refractivity (Wildman–Crippen MR) is 99.0 cm³/mol. The van der Waals surface area contributed by atoms with Crippen molar-refractivity contribution in [1.29, 1.82) is 0 Å². The van der Waals surface area contributed by atoms with Crippen LogP contribution in [0.25, 0.3) is 0 Å². The standard InChI is InChI=1S/C20H25N3O2.Ni/c1-15-3-5-19(24)17(11-15)13-22-9-7-21-8-10-23-14-18-12-16(2)4-6-20(18)25;/h3-6,11-14,21,24-25H,7-10H2,1-2H3;/q;+2/p-2. The van der Waals surface area contributed by atoms with E-state index in [0.29, 0.717) is 37.3 Å². The second kappa shape index (κ2) is 11.4. The summed E-state index contributed by atoms with van der Waals surface area (Å²) in [4.78, 5) is 8.53. The first kappa shape index (κ1) is 21.9. The number of hydrogen-bond donors (Lipinski definition) is 1. The second-order valence-corrected chi connectivity index (χ2v) is 5.90. The number of rotatable bonds is 8. The van der Waals surface area contributed by atoms with E-state index in [1.165, 1.54) is 0 Å². The van der Waals surface area contributed by atoms with Crippen molar-refractivity contribution < 1.29 is 26.7 Å². The fourth-order valence-electron chi connectivity index (χ4n) is 2.28. The molecule has 0 unspecified atom stereocenters. The number of aliphatic imine (C=N–C) groups is 2. The van der Waals surface area contributed by atoms with Gasteiger partial charge in [-0.05, 0) is 25.0 Å². The van der Waals surface area contributed by atoms with Crippen LogP contribution in [-0.4, -0.2) is 38.6 Å². The van der Waals surface area contributed by atoms with Gasteiger partial charge in [0, 0.05) is 25.5 Å². The zero-order valence-electron chi connectivity index (χ0n) is 15.0. The molecule has 2 rings (SSSR count). The van der Waals surface area contributed by atoms with Crippen molar-refractivity contribution in [3.63, 3.8) is 0 Å².